The zero-order chi connectivity index (χ0) is 15.5. The van der Waals surface area contributed by atoms with E-state index in [0.717, 1.165) is 12.8 Å². The number of nitrogens with zero attached hydrogens (tertiary/aromatic N) is 2. The monoisotopic (exact) mass is 302 g/mol. The van der Waals surface area contributed by atoms with Crippen molar-refractivity contribution in [3.05, 3.63) is 18.0 Å². The first-order valence-corrected chi connectivity index (χ1v) is 8.11. The molecule has 1 rings (SSSR count). The fraction of sp³-hybridized carbons (Fsp3) is 0.615. The first kappa shape index (κ1) is 16.7. The Kier molecular flexibility index (Phi) is 5.35. The van der Waals surface area contributed by atoms with Gasteiger partial charge in [0.1, 0.15) is 10.6 Å². The van der Waals surface area contributed by atoms with Crippen molar-refractivity contribution in [1.82, 2.24) is 8.87 Å². The summed E-state index contributed by atoms with van der Waals surface area (Å²) >= 11 is 0. The van der Waals surface area contributed by atoms with E-state index in [1.54, 1.807) is 6.92 Å². The van der Waals surface area contributed by atoms with Crippen LogP contribution in [0.4, 0.5) is 0 Å². The lowest BCUT2D eigenvalue weighted by atomic mass is 10.2. The second-order valence-electron chi connectivity index (χ2n) is 4.81. The van der Waals surface area contributed by atoms with E-state index < -0.39 is 16.0 Å². The molecule has 0 aromatic carbocycles. The molecule has 6 nitrogen and oxygen atoms in total. The van der Waals surface area contributed by atoms with E-state index in [-0.39, 0.29) is 16.6 Å². The number of aromatic nitrogens is 1. The Morgan fingerprint density at radius 1 is 1.45 bits per heavy atom. The molecule has 0 aliphatic heterocycles. The Balaban J connectivity index is 3.19. The van der Waals surface area contributed by atoms with Gasteiger partial charge in [0.2, 0.25) is 10.0 Å². The van der Waals surface area contributed by atoms with Crippen molar-refractivity contribution >= 4 is 16.0 Å². The molecule has 0 amide bonds. The summed E-state index contributed by atoms with van der Waals surface area (Å²) in [5.41, 5.74) is -0.0115. The van der Waals surface area contributed by atoms with Gasteiger partial charge in [0.25, 0.3) is 0 Å². The van der Waals surface area contributed by atoms with Crippen LogP contribution in [0.1, 0.15) is 44.1 Å². The van der Waals surface area contributed by atoms with Gasteiger partial charge in [-0.25, -0.2) is 13.2 Å². The van der Waals surface area contributed by atoms with Crippen LogP contribution in [-0.4, -0.2) is 41.5 Å². The minimum atomic E-state index is -3.66. The number of aryl methyl sites for hydroxylation is 1. The van der Waals surface area contributed by atoms with Crippen molar-refractivity contribution in [3.8, 4) is 0 Å². The Labute approximate surface area is 120 Å². The summed E-state index contributed by atoms with van der Waals surface area (Å²) < 4.78 is 27.7. The fourth-order valence-electron chi connectivity index (χ4n) is 2.07. The Hall–Kier alpha value is -1.34. The zero-order valence-corrected chi connectivity index (χ0v) is 13.1. The first-order valence-electron chi connectivity index (χ1n) is 6.67. The number of rotatable bonds is 7. The Bertz CT molecular complexity index is 577. The largest absolute Gasteiger partial charge is 0.477 e. The van der Waals surface area contributed by atoms with Gasteiger partial charge in [0.15, 0.2) is 0 Å². The van der Waals surface area contributed by atoms with Crippen molar-refractivity contribution < 1.29 is 18.3 Å². The number of carboxylic acids is 1. The molecule has 7 heteroatoms. The summed E-state index contributed by atoms with van der Waals surface area (Å²) in [5.74, 6) is -1.13. The number of carboxylic acid groups (broad SMARTS) is 1. The van der Waals surface area contributed by atoms with Gasteiger partial charge in [-0.1, -0.05) is 13.3 Å². The molecule has 1 aromatic rings. The van der Waals surface area contributed by atoms with Crippen LogP contribution in [0.2, 0.25) is 0 Å². The van der Waals surface area contributed by atoms with Crippen LogP contribution in [0, 0.1) is 0 Å². The van der Waals surface area contributed by atoms with Gasteiger partial charge in [-0.2, -0.15) is 4.31 Å². The lowest BCUT2D eigenvalue weighted by Crippen LogP contribution is -2.34. The second kappa shape index (κ2) is 6.41. The van der Waals surface area contributed by atoms with Gasteiger partial charge < -0.3 is 9.67 Å². The van der Waals surface area contributed by atoms with Gasteiger partial charge in [0, 0.05) is 25.8 Å². The average Bonchev–Trinajstić information content (AvgIpc) is 2.82. The van der Waals surface area contributed by atoms with E-state index in [2.05, 4.69) is 0 Å². The predicted octanol–water partition coefficient (Wildman–Crippen LogP) is 2.02. The van der Waals surface area contributed by atoms with Crippen molar-refractivity contribution in [2.45, 2.75) is 51.1 Å². The van der Waals surface area contributed by atoms with Gasteiger partial charge in [0.05, 0.1) is 0 Å². The minimum Gasteiger partial charge on any atom is -0.477 e. The van der Waals surface area contributed by atoms with Crippen molar-refractivity contribution in [2.24, 2.45) is 0 Å². The van der Waals surface area contributed by atoms with Gasteiger partial charge in [-0.15, -0.1) is 0 Å². The highest BCUT2D eigenvalue weighted by Crippen LogP contribution is 2.21. The second-order valence-corrected chi connectivity index (χ2v) is 6.81. The van der Waals surface area contributed by atoms with Crippen LogP contribution in [0.25, 0.3) is 0 Å². The molecule has 1 N–H and O–H groups in total. The first-order chi connectivity index (χ1) is 9.25. The third kappa shape index (κ3) is 3.21. The van der Waals surface area contributed by atoms with Crippen molar-refractivity contribution in [1.29, 1.82) is 0 Å². The standard InChI is InChI=1S/C13H22N2O4S/c1-5-7-10(3)14(4)20(18,19)11-8-12(13(16)17)15(6-2)9-11/h8-10H,5-7H2,1-4H3,(H,16,17). The molecule has 0 spiro atoms. The molecular weight excluding hydrogens is 280 g/mol. The molecule has 1 atom stereocenters. The third-order valence-corrected chi connectivity index (χ3v) is 5.37. The molecule has 0 fully saturated rings. The van der Waals surface area contributed by atoms with E-state index in [4.69, 9.17) is 5.11 Å². The maximum atomic E-state index is 12.5. The Morgan fingerprint density at radius 2 is 2.05 bits per heavy atom. The molecule has 0 aliphatic rings. The highest BCUT2D eigenvalue weighted by molar-refractivity contribution is 7.89. The van der Waals surface area contributed by atoms with Gasteiger partial charge in [-0.05, 0) is 26.3 Å². The van der Waals surface area contributed by atoms with E-state index in [1.807, 2.05) is 13.8 Å². The van der Waals surface area contributed by atoms with Crippen molar-refractivity contribution in [3.63, 3.8) is 0 Å². The molecule has 0 radical (unpaired) electrons. The summed E-state index contributed by atoms with van der Waals surface area (Å²) in [6.07, 6.45) is 3.03. The van der Waals surface area contributed by atoms with E-state index in [1.165, 1.54) is 28.2 Å². The van der Waals surface area contributed by atoms with Crippen LogP contribution >= 0.6 is 0 Å². The zero-order valence-electron chi connectivity index (χ0n) is 12.3. The molecule has 0 saturated heterocycles. The summed E-state index contributed by atoms with van der Waals surface area (Å²) in [6, 6.07) is 1.10. The smallest absolute Gasteiger partial charge is 0.352 e. The highest BCUT2D eigenvalue weighted by atomic mass is 32.2. The van der Waals surface area contributed by atoms with Gasteiger partial charge >= 0.3 is 5.97 Å². The number of hydrogen-bond acceptors (Lipinski definition) is 3. The highest BCUT2D eigenvalue weighted by Gasteiger charge is 2.27. The molecule has 0 bridgehead atoms. The Morgan fingerprint density at radius 3 is 2.45 bits per heavy atom. The lowest BCUT2D eigenvalue weighted by Gasteiger charge is -2.23. The predicted molar refractivity (Wildman–Crippen MR) is 76.4 cm³/mol. The normalized spacial score (nSPS) is 13.7. The van der Waals surface area contributed by atoms with Crippen LogP contribution in [0.5, 0.6) is 0 Å². The van der Waals surface area contributed by atoms with E-state index >= 15 is 0 Å². The molecule has 0 saturated carbocycles. The molecule has 0 aliphatic carbocycles. The van der Waals surface area contributed by atoms with Crippen LogP contribution in [0.15, 0.2) is 17.2 Å². The maximum absolute atomic E-state index is 12.5. The summed E-state index contributed by atoms with van der Waals surface area (Å²) in [5, 5.41) is 9.08. The SMILES string of the molecule is CCCC(C)N(C)S(=O)(=O)c1cc(C(=O)O)n(CC)c1. The van der Waals surface area contributed by atoms with Crippen LogP contribution < -0.4 is 0 Å². The van der Waals surface area contributed by atoms with Gasteiger partial charge in [-0.3, -0.25) is 0 Å². The van der Waals surface area contributed by atoms with Crippen molar-refractivity contribution in [2.75, 3.05) is 7.05 Å². The number of aromatic carboxylic acids is 1. The molecule has 1 aromatic heterocycles. The molecule has 114 valence electrons. The number of sulfonamides is 1. The maximum Gasteiger partial charge on any atom is 0.352 e. The summed E-state index contributed by atoms with van der Waals surface area (Å²) in [7, 11) is -2.13. The van der Waals surface area contributed by atoms with E-state index in [0.29, 0.717) is 6.54 Å². The van der Waals surface area contributed by atoms with E-state index in [9.17, 15) is 13.2 Å². The quantitative estimate of drug-likeness (QED) is 0.835. The molecule has 1 unspecified atom stereocenters. The third-order valence-electron chi connectivity index (χ3n) is 3.44. The van der Waals surface area contributed by atoms with Crippen LogP contribution in [-0.2, 0) is 16.6 Å². The number of carbonyl (C=O) groups is 1. The summed E-state index contributed by atoms with van der Waals surface area (Å²) in [6.45, 7) is 6.01. The molecule has 20 heavy (non-hydrogen) atoms. The fourth-order valence-corrected chi connectivity index (χ4v) is 3.50. The molecular formula is C13H22N2O4S. The topological polar surface area (TPSA) is 79.6 Å². The number of hydrogen-bond donors (Lipinski definition) is 1. The minimum absolute atomic E-state index is 0.0115. The summed E-state index contributed by atoms with van der Waals surface area (Å²) in [4.78, 5) is 11.1. The molecule has 1 heterocycles. The lowest BCUT2D eigenvalue weighted by molar-refractivity contribution is 0.0685. The average molecular weight is 302 g/mol. The van der Waals surface area contributed by atoms with Crippen LogP contribution in [0.3, 0.4) is 0 Å².